The van der Waals surface area contributed by atoms with Gasteiger partial charge in [0.15, 0.2) is 0 Å². The highest BCUT2D eigenvalue weighted by Crippen LogP contribution is 2.33. The molecule has 1 aliphatic carbocycles. The lowest BCUT2D eigenvalue weighted by Crippen LogP contribution is -2.47. The Morgan fingerprint density at radius 1 is 1.33 bits per heavy atom. The van der Waals surface area contributed by atoms with E-state index in [1.54, 1.807) is 0 Å². The number of carbonyl (C=O) groups is 1. The van der Waals surface area contributed by atoms with Gasteiger partial charge in [0, 0.05) is 12.0 Å². The zero-order valence-electron chi connectivity index (χ0n) is 10.5. The fraction of sp³-hybridized carbons (Fsp3) is 0.909. The number of hydrogen-bond acceptors (Lipinski definition) is 3. The van der Waals surface area contributed by atoms with Gasteiger partial charge in [-0.05, 0) is 39.5 Å². The van der Waals surface area contributed by atoms with Crippen LogP contribution in [-0.4, -0.2) is 29.1 Å². The van der Waals surface area contributed by atoms with E-state index < -0.39 is 18.3 Å². The molecule has 0 aliphatic heterocycles. The van der Waals surface area contributed by atoms with E-state index in [0.29, 0.717) is 25.7 Å². The van der Waals surface area contributed by atoms with Crippen LogP contribution in [0.1, 0.15) is 39.5 Å². The van der Waals surface area contributed by atoms with Crippen LogP contribution in [0.15, 0.2) is 5.22 Å². The third kappa shape index (κ3) is 3.43. The van der Waals surface area contributed by atoms with Gasteiger partial charge in [-0.2, -0.15) is 18.7 Å². The predicted molar refractivity (Wildman–Crippen MR) is 58.9 cm³/mol. The topological polar surface area (TPSA) is 56.5 Å². The van der Waals surface area contributed by atoms with Crippen molar-refractivity contribution in [2.24, 2.45) is 11.1 Å². The fourth-order valence-electron chi connectivity index (χ4n) is 2.38. The van der Waals surface area contributed by atoms with Crippen LogP contribution in [0.3, 0.4) is 0 Å². The van der Waals surface area contributed by atoms with Crippen molar-refractivity contribution in [3.8, 4) is 0 Å². The van der Waals surface area contributed by atoms with E-state index >= 15 is 0 Å². The molecule has 0 saturated heterocycles. The van der Waals surface area contributed by atoms with Crippen molar-refractivity contribution in [3.05, 3.63) is 0 Å². The molecule has 0 aromatic heterocycles. The molecule has 1 unspecified atom stereocenters. The average Bonchev–Trinajstić information content (AvgIpc) is 2.29. The van der Waals surface area contributed by atoms with Gasteiger partial charge in [-0.3, -0.25) is 9.80 Å². The molecule has 0 radical (unpaired) electrons. The van der Waals surface area contributed by atoms with E-state index in [9.17, 15) is 18.0 Å². The van der Waals surface area contributed by atoms with Gasteiger partial charge in [0.25, 0.3) is 0 Å². The molecule has 18 heavy (non-hydrogen) atoms. The van der Waals surface area contributed by atoms with Crippen molar-refractivity contribution in [3.63, 3.8) is 0 Å². The van der Waals surface area contributed by atoms with Crippen LogP contribution in [0.2, 0.25) is 0 Å². The lowest BCUT2D eigenvalue weighted by atomic mass is 9.83. The molecule has 4 nitrogen and oxygen atoms in total. The number of halogens is 3. The first-order chi connectivity index (χ1) is 8.27. The van der Waals surface area contributed by atoms with Crippen LogP contribution < -0.4 is 0 Å². The normalized spacial score (nSPS) is 26.5. The van der Waals surface area contributed by atoms with Crippen molar-refractivity contribution in [2.45, 2.75) is 57.8 Å². The Morgan fingerprint density at radius 3 is 2.17 bits per heavy atom. The summed E-state index contributed by atoms with van der Waals surface area (Å²) >= 11 is 0. The van der Waals surface area contributed by atoms with Crippen molar-refractivity contribution in [1.29, 1.82) is 5.53 Å². The van der Waals surface area contributed by atoms with Gasteiger partial charge in [0.2, 0.25) is 0 Å². The number of nitrogens with one attached hydrogen (secondary N) is 1. The highest BCUT2D eigenvalue weighted by Gasteiger charge is 2.43. The van der Waals surface area contributed by atoms with Crippen LogP contribution in [0.25, 0.3) is 0 Å². The molecule has 0 bridgehead atoms. The van der Waals surface area contributed by atoms with Crippen molar-refractivity contribution < 1.29 is 18.0 Å². The average molecular weight is 265 g/mol. The summed E-state index contributed by atoms with van der Waals surface area (Å²) in [5.41, 5.74) is 6.93. The third-order valence-electron chi connectivity index (χ3n) is 3.63. The largest absolute Gasteiger partial charge is 0.410 e. The quantitative estimate of drug-likeness (QED) is 0.626. The van der Waals surface area contributed by atoms with Crippen LogP contribution in [0.4, 0.5) is 13.2 Å². The molecule has 1 saturated carbocycles. The number of nitrogens with zero attached hydrogens (tertiary/aromatic N) is 2. The molecule has 104 valence electrons. The van der Waals surface area contributed by atoms with Gasteiger partial charge in [0.05, 0.1) is 0 Å². The molecule has 1 fully saturated rings. The maximum Gasteiger partial charge on any atom is 0.410 e. The first kappa shape index (κ1) is 14.9. The predicted octanol–water partition coefficient (Wildman–Crippen LogP) is 3.33. The molecule has 7 heteroatoms. The molecule has 1 rings (SSSR count). The maximum atomic E-state index is 12.6. The monoisotopic (exact) mass is 265 g/mol. The SMILES string of the molecule is CC(=O)C1CCC(N(N=N)C(C)C(F)(F)F)CC1. The molecule has 1 N–H and O–H groups in total. The Hall–Kier alpha value is -1.14. The first-order valence-corrected chi connectivity index (χ1v) is 6.00. The Morgan fingerprint density at radius 2 is 1.83 bits per heavy atom. The summed E-state index contributed by atoms with van der Waals surface area (Å²) < 4.78 is 37.8. The van der Waals surface area contributed by atoms with Crippen molar-refractivity contribution in [1.82, 2.24) is 5.01 Å². The summed E-state index contributed by atoms with van der Waals surface area (Å²) in [6.07, 6.45) is -2.27. The molecule has 0 aromatic rings. The van der Waals surface area contributed by atoms with Gasteiger partial charge in [-0.1, -0.05) is 5.22 Å². The van der Waals surface area contributed by atoms with Crippen LogP contribution in [0, 0.1) is 11.4 Å². The van der Waals surface area contributed by atoms with E-state index in [4.69, 9.17) is 5.53 Å². The molecule has 0 aromatic carbocycles. The second-order valence-corrected chi connectivity index (χ2v) is 4.81. The third-order valence-corrected chi connectivity index (χ3v) is 3.63. The first-order valence-electron chi connectivity index (χ1n) is 6.00. The highest BCUT2D eigenvalue weighted by molar-refractivity contribution is 5.78. The van der Waals surface area contributed by atoms with Gasteiger partial charge in [-0.15, -0.1) is 0 Å². The Bertz CT molecular complexity index is 311. The summed E-state index contributed by atoms with van der Waals surface area (Å²) in [5, 5.41) is 3.84. The summed E-state index contributed by atoms with van der Waals surface area (Å²) in [7, 11) is 0. The fourth-order valence-corrected chi connectivity index (χ4v) is 2.38. The van der Waals surface area contributed by atoms with Gasteiger partial charge >= 0.3 is 6.18 Å². The standard InChI is InChI=1S/C11H18F3N3O/c1-7(18)9-3-5-10(6-4-9)17(16-15)8(2)11(12,13)14/h8-10,15H,3-6H2,1-2H3. The minimum atomic E-state index is -4.39. The number of alkyl halides is 3. The smallest absolute Gasteiger partial charge is 0.300 e. The van der Waals surface area contributed by atoms with Crippen LogP contribution >= 0.6 is 0 Å². The van der Waals surface area contributed by atoms with Crippen molar-refractivity contribution in [2.75, 3.05) is 0 Å². The molecule has 0 spiro atoms. The van der Waals surface area contributed by atoms with Gasteiger partial charge in [0.1, 0.15) is 11.8 Å². The highest BCUT2D eigenvalue weighted by atomic mass is 19.4. The Kier molecular flexibility index (Phi) is 4.70. The van der Waals surface area contributed by atoms with E-state index in [0.717, 1.165) is 11.9 Å². The number of rotatable bonds is 4. The van der Waals surface area contributed by atoms with Crippen molar-refractivity contribution >= 4 is 5.78 Å². The number of Topliss-reactive ketones (excluding diaryl/α,β-unsaturated/α-hetero) is 1. The minimum Gasteiger partial charge on any atom is -0.300 e. The summed E-state index contributed by atoms with van der Waals surface area (Å²) in [4.78, 5) is 11.2. The number of hydrogen-bond donors (Lipinski definition) is 1. The van der Waals surface area contributed by atoms with E-state index in [1.165, 1.54) is 6.92 Å². The molecule has 1 atom stereocenters. The lowest BCUT2D eigenvalue weighted by molar-refractivity contribution is -0.188. The second-order valence-electron chi connectivity index (χ2n) is 4.81. The van der Waals surface area contributed by atoms with Crippen LogP contribution in [-0.2, 0) is 4.79 Å². The molecular formula is C11H18F3N3O. The van der Waals surface area contributed by atoms with Crippen LogP contribution in [0.5, 0.6) is 0 Å². The Balaban J connectivity index is 2.64. The summed E-state index contributed by atoms with van der Waals surface area (Å²) in [6.45, 7) is 2.52. The zero-order chi connectivity index (χ0) is 13.9. The van der Waals surface area contributed by atoms with E-state index in [-0.39, 0.29) is 11.7 Å². The Labute approximate surface area is 104 Å². The lowest BCUT2D eigenvalue weighted by Gasteiger charge is -2.37. The van der Waals surface area contributed by atoms with Gasteiger partial charge < -0.3 is 0 Å². The summed E-state index contributed by atoms with van der Waals surface area (Å²) in [5.74, 6) is 0.0432. The number of ketones is 1. The minimum absolute atomic E-state index is 0.0463. The molecule has 0 amide bonds. The van der Waals surface area contributed by atoms with Gasteiger partial charge in [-0.25, -0.2) is 0 Å². The zero-order valence-corrected chi connectivity index (χ0v) is 10.5. The molecular weight excluding hydrogens is 247 g/mol. The molecule has 0 heterocycles. The van der Waals surface area contributed by atoms with E-state index in [2.05, 4.69) is 5.22 Å². The number of carbonyl (C=O) groups excluding carboxylic acids is 1. The van der Waals surface area contributed by atoms with E-state index in [1.807, 2.05) is 0 Å². The summed E-state index contributed by atoms with van der Waals surface area (Å²) in [6, 6.07) is -2.15. The maximum absolute atomic E-state index is 12.6. The molecule has 1 aliphatic rings. The second kappa shape index (κ2) is 5.67.